The molecule has 0 N–H and O–H groups in total. The average molecular weight is 599 g/mol. The van der Waals surface area contributed by atoms with E-state index in [-0.39, 0.29) is 23.5 Å². The molecule has 0 unspecified atom stereocenters. The number of hydrogen-bond donors (Lipinski definition) is 0. The summed E-state index contributed by atoms with van der Waals surface area (Å²) in [5.41, 5.74) is 0.417. The third kappa shape index (κ3) is 7.21. The lowest BCUT2D eigenvalue weighted by Crippen LogP contribution is -2.63. The molecular weight excluding hydrogens is 536 g/mol. The van der Waals surface area contributed by atoms with E-state index in [2.05, 4.69) is 41.5 Å². The molecule has 0 aromatic rings. The summed E-state index contributed by atoms with van der Waals surface area (Å²) < 4.78 is 48.3. The van der Waals surface area contributed by atoms with E-state index in [1.807, 2.05) is 0 Å². The lowest BCUT2D eigenvalue weighted by Gasteiger charge is -2.64. The second-order valence-electron chi connectivity index (χ2n) is 14.7. The number of fused-ring (bicyclic) bond motifs is 5. The van der Waals surface area contributed by atoms with E-state index >= 15 is 0 Å². The molecule has 4 fully saturated rings. The molecule has 7 heteroatoms. The highest BCUT2D eigenvalue weighted by Crippen LogP contribution is 2.69. The van der Waals surface area contributed by atoms with Crippen LogP contribution in [0.1, 0.15) is 119 Å². The van der Waals surface area contributed by atoms with Crippen LogP contribution in [0.5, 0.6) is 0 Å². The highest BCUT2D eigenvalue weighted by atomic mass is 32.2. The molecule has 0 aromatic heterocycles. The smallest absolute Gasteiger partial charge is 0.264 e. The molecular formula is C34H62O6S. The van der Waals surface area contributed by atoms with E-state index in [9.17, 15) is 8.42 Å². The van der Waals surface area contributed by atoms with Gasteiger partial charge in [0.2, 0.25) is 0 Å². The predicted octanol–water partition coefficient (Wildman–Crippen LogP) is 7.64. The van der Waals surface area contributed by atoms with Crippen molar-refractivity contribution in [3.63, 3.8) is 0 Å². The van der Waals surface area contributed by atoms with E-state index in [1.54, 1.807) is 0 Å². The van der Waals surface area contributed by atoms with Gasteiger partial charge in [0.25, 0.3) is 10.1 Å². The van der Waals surface area contributed by atoms with Crippen molar-refractivity contribution in [3.05, 3.63) is 0 Å². The summed E-state index contributed by atoms with van der Waals surface area (Å²) in [5, 5.41) is 0. The standard InChI is InChI=1S/C34H62O6S/c1-8-11-12-24(4)27-13-14-28-32-29(23-31(34(27,28)6)39-18-10-3)33(5)16-15-26(37-17-9-2)21-25(33)22-30(32)38-19-20-40-41(7,35)36/h24-32H,8-23H2,1-7H3/t24-,25+,26-,27-,28+,29+,30-,31+,32+,33+,34-/m1/s1. The van der Waals surface area contributed by atoms with Gasteiger partial charge in [0.05, 0.1) is 37.8 Å². The van der Waals surface area contributed by atoms with Crippen LogP contribution in [0.2, 0.25) is 0 Å². The topological polar surface area (TPSA) is 71.1 Å². The summed E-state index contributed by atoms with van der Waals surface area (Å²) >= 11 is 0. The Morgan fingerprint density at radius 3 is 2.24 bits per heavy atom. The molecule has 4 aliphatic carbocycles. The SMILES string of the molecule is CCCC[C@@H](C)[C@H]1CC[C@H]2[C@@H]3[C@H](OCCOS(C)(=O)=O)C[C@@H]4C[C@H](OCCC)CC[C@]4(C)[C@H]3C[C@H](OCCC)[C@]12C. The first kappa shape index (κ1) is 33.7. The maximum absolute atomic E-state index is 11.6. The number of rotatable bonds is 15. The summed E-state index contributed by atoms with van der Waals surface area (Å²) in [6.45, 7) is 16.5. The summed E-state index contributed by atoms with van der Waals surface area (Å²) in [4.78, 5) is 0. The molecule has 0 heterocycles. The van der Waals surface area contributed by atoms with Crippen molar-refractivity contribution >= 4 is 10.1 Å². The lowest BCUT2D eigenvalue weighted by atomic mass is 9.43. The first-order chi connectivity index (χ1) is 19.5. The van der Waals surface area contributed by atoms with Crippen molar-refractivity contribution < 1.29 is 26.8 Å². The summed E-state index contributed by atoms with van der Waals surface area (Å²) in [6.07, 6.45) is 16.1. The molecule has 0 bridgehead atoms. The quantitative estimate of drug-likeness (QED) is 0.142. The largest absolute Gasteiger partial charge is 0.378 e. The second kappa shape index (κ2) is 14.3. The second-order valence-corrected chi connectivity index (χ2v) is 16.3. The average Bonchev–Trinajstić information content (AvgIpc) is 3.29. The van der Waals surface area contributed by atoms with Crippen LogP contribution in [0.25, 0.3) is 0 Å². The van der Waals surface area contributed by atoms with Crippen LogP contribution in [-0.4, -0.2) is 59.4 Å². The third-order valence-electron chi connectivity index (χ3n) is 12.2. The Kier molecular flexibility index (Phi) is 11.7. The van der Waals surface area contributed by atoms with Crippen molar-refractivity contribution in [1.82, 2.24) is 0 Å². The van der Waals surface area contributed by atoms with Gasteiger partial charge in [-0.15, -0.1) is 0 Å². The Morgan fingerprint density at radius 2 is 1.56 bits per heavy atom. The number of hydrogen-bond acceptors (Lipinski definition) is 6. The molecule has 6 nitrogen and oxygen atoms in total. The van der Waals surface area contributed by atoms with Gasteiger partial charge in [0, 0.05) is 18.6 Å². The molecule has 4 rings (SSSR count). The third-order valence-corrected chi connectivity index (χ3v) is 12.8. The minimum atomic E-state index is -3.47. The molecule has 0 amide bonds. The monoisotopic (exact) mass is 598 g/mol. The lowest BCUT2D eigenvalue weighted by molar-refractivity contribution is -0.228. The van der Waals surface area contributed by atoms with E-state index in [0.29, 0.717) is 54.3 Å². The van der Waals surface area contributed by atoms with Gasteiger partial charge in [-0.05, 0) is 98.7 Å². The summed E-state index contributed by atoms with van der Waals surface area (Å²) in [5.74, 6) is 3.55. The van der Waals surface area contributed by atoms with Gasteiger partial charge in [-0.25, -0.2) is 0 Å². The molecule has 41 heavy (non-hydrogen) atoms. The fraction of sp³-hybridized carbons (Fsp3) is 1.00. The zero-order valence-electron chi connectivity index (χ0n) is 27.4. The van der Waals surface area contributed by atoms with Crippen LogP contribution >= 0.6 is 0 Å². The van der Waals surface area contributed by atoms with E-state index in [4.69, 9.17) is 18.4 Å². The van der Waals surface area contributed by atoms with Gasteiger partial charge in [-0.3, -0.25) is 4.18 Å². The van der Waals surface area contributed by atoms with Gasteiger partial charge in [0.15, 0.2) is 0 Å². The van der Waals surface area contributed by atoms with Crippen LogP contribution in [0.3, 0.4) is 0 Å². The minimum absolute atomic E-state index is 0.0950. The van der Waals surface area contributed by atoms with Crippen LogP contribution < -0.4 is 0 Å². The fourth-order valence-corrected chi connectivity index (χ4v) is 10.7. The molecule has 11 atom stereocenters. The molecule has 240 valence electrons. The maximum atomic E-state index is 11.6. The van der Waals surface area contributed by atoms with E-state index in [0.717, 1.165) is 58.0 Å². The molecule has 0 aliphatic heterocycles. The Bertz CT molecular complexity index is 924. The Hall–Kier alpha value is -0.210. The van der Waals surface area contributed by atoms with Gasteiger partial charge in [0.1, 0.15) is 0 Å². The maximum Gasteiger partial charge on any atom is 0.264 e. The van der Waals surface area contributed by atoms with E-state index in [1.165, 1.54) is 38.5 Å². The van der Waals surface area contributed by atoms with Crippen LogP contribution in [0, 0.1) is 46.3 Å². The Labute approximate surface area is 252 Å². The summed E-state index contributed by atoms with van der Waals surface area (Å²) in [7, 11) is -3.47. The predicted molar refractivity (Wildman–Crippen MR) is 165 cm³/mol. The normalized spacial score (nSPS) is 41.4. The number of ether oxygens (including phenoxy) is 3. The van der Waals surface area contributed by atoms with Crippen molar-refractivity contribution in [2.24, 2.45) is 46.3 Å². The van der Waals surface area contributed by atoms with Crippen LogP contribution in [0.4, 0.5) is 0 Å². The first-order valence-electron chi connectivity index (χ1n) is 17.2. The fourth-order valence-electron chi connectivity index (χ4n) is 10.3. The van der Waals surface area contributed by atoms with E-state index < -0.39 is 10.1 Å². The zero-order chi connectivity index (χ0) is 29.8. The zero-order valence-corrected chi connectivity index (χ0v) is 28.2. The van der Waals surface area contributed by atoms with Gasteiger partial charge >= 0.3 is 0 Å². The summed E-state index contributed by atoms with van der Waals surface area (Å²) in [6, 6.07) is 0. The minimum Gasteiger partial charge on any atom is -0.378 e. The molecule has 0 radical (unpaired) electrons. The Balaban J connectivity index is 1.65. The Morgan fingerprint density at radius 1 is 0.829 bits per heavy atom. The highest BCUT2D eigenvalue weighted by molar-refractivity contribution is 7.85. The van der Waals surface area contributed by atoms with Crippen molar-refractivity contribution in [2.75, 3.05) is 32.7 Å². The van der Waals surface area contributed by atoms with Crippen molar-refractivity contribution in [1.29, 1.82) is 0 Å². The molecule has 4 aliphatic rings. The van der Waals surface area contributed by atoms with Crippen molar-refractivity contribution in [2.45, 2.75) is 137 Å². The van der Waals surface area contributed by atoms with Gasteiger partial charge in [-0.1, -0.05) is 60.8 Å². The number of unbranched alkanes of at least 4 members (excludes halogenated alkanes) is 1. The molecule has 0 spiro atoms. The van der Waals surface area contributed by atoms with Crippen molar-refractivity contribution in [3.8, 4) is 0 Å². The molecule has 4 saturated carbocycles. The van der Waals surface area contributed by atoms with Gasteiger partial charge in [-0.2, -0.15) is 8.42 Å². The van der Waals surface area contributed by atoms with Crippen LogP contribution in [-0.2, 0) is 28.5 Å². The first-order valence-corrected chi connectivity index (χ1v) is 19.0. The highest BCUT2D eigenvalue weighted by Gasteiger charge is 2.66. The molecule has 0 aromatic carbocycles. The van der Waals surface area contributed by atoms with Crippen LogP contribution in [0.15, 0.2) is 0 Å². The molecule has 0 saturated heterocycles. The van der Waals surface area contributed by atoms with Gasteiger partial charge < -0.3 is 14.2 Å².